The second kappa shape index (κ2) is 5.76. The summed E-state index contributed by atoms with van der Waals surface area (Å²) in [6, 6.07) is 12.1. The average molecular weight is 256 g/mol. The molecule has 0 radical (unpaired) electrons. The van der Waals surface area contributed by atoms with E-state index in [1.54, 1.807) is 0 Å². The summed E-state index contributed by atoms with van der Waals surface area (Å²) >= 11 is 0. The zero-order valence-corrected chi connectivity index (χ0v) is 11.4. The monoisotopic (exact) mass is 256 g/mol. The molecule has 0 amide bonds. The van der Waals surface area contributed by atoms with E-state index in [4.69, 9.17) is 10.8 Å². The van der Waals surface area contributed by atoms with Gasteiger partial charge in [0, 0.05) is 12.3 Å². The molecule has 4 N–H and O–H groups in total. The van der Waals surface area contributed by atoms with E-state index in [0.717, 1.165) is 22.6 Å². The summed E-state index contributed by atoms with van der Waals surface area (Å²) in [6.07, 6.45) is 0.687. The van der Waals surface area contributed by atoms with Crippen molar-refractivity contribution in [3.63, 3.8) is 0 Å². The van der Waals surface area contributed by atoms with Gasteiger partial charge >= 0.3 is 0 Å². The number of anilines is 3. The molecule has 0 aliphatic heterocycles. The maximum absolute atomic E-state index is 8.88. The smallest absolute Gasteiger partial charge is 0.0620 e. The Morgan fingerprint density at radius 1 is 1.05 bits per heavy atom. The van der Waals surface area contributed by atoms with Crippen LogP contribution in [-0.4, -0.2) is 11.7 Å². The molecule has 19 heavy (non-hydrogen) atoms. The Morgan fingerprint density at radius 3 is 2.32 bits per heavy atom. The summed E-state index contributed by atoms with van der Waals surface area (Å²) in [6.45, 7) is 4.31. The van der Waals surface area contributed by atoms with Crippen molar-refractivity contribution in [2.75, 3.05) is 17.7 Å². The van der Waals surface area contributed by atoms with E-state index in [0.29, 0.717) is 6.42 Å². The minimum atomic E-state index is 0.177. The molecule has 0 aliphatic rings. The van der Waals surface area contributed by atoms with Crippen LogP contribution in [0.2, 0.25) is 0 Å². The molecule has 2 aromatic rings. The number of aliphatic hydroxyl groups is 1. The Labute approximate surface area is 114 Å². The van der Waals surface area contributed by atoms with E-state index in [1.165, 1.54) is 11.1 Å². The number of benzene rings is 2. The van der Waals surface area contributed by atoms with Gasteiger partial charge in [-0.05, 0) is 61.2 Å². The van der Waals surface area contributed by atoms with Crippen LogP contribution >= 0.6 is 0 Å². The molecule has 0 atom stereocenters. The molecule has 100 valence electrons. The third-order valence-electron chi connectivity index (χ3n) is 3.30. The van der Waals surface area contributed by atoms with E-state index in [1.807, 2.05) is 30.3 Å². The highest BCUT2D eigenvalue weighted by Crippen LogP contribution is 2.26. The lowest BCUT2D eigenvalue weighted by Gasteiger charge is -2.12. The number of hydrogen-bond donors (Lipinski definition) is 3. The Hall–Kier alpha value is -2.00. The molecule has 2 aromatic carbocycles. The van der Waals surface area contributed by atoms with Crippen LogP contribution < -0.4 is 11.1 Å². The predicted molar refractivity (Wildman–Crippen MR) is 80.8 cm³/mol. The molecule has 0 saturated heterocycles. The second-order valence-corrected chi connectivity index (χ2v) is 4.82. The zero-order valence-electron chi connectivity index (χ0n) is 11.4. The first kappa shape index (κ1) is 13.4. The van der Waals surface area contributed by atoms with E-state index >= 15 is 0 Å². The fourth-order valence-corrected chi connectivity index (χ4v) is 1.99. The standard InChI is InChI=1S/C16H20N2O/c1-11-9-15(17)16(10-12(11)2)18-14-5-3-13(4-6-14)7-8-19/h3-6,9-10,18-19H,7-8,17H2,1-2H3. The fourth-order valence-electron chi connectivity index (χ4n) is 1.99. The van der Waals surface area contributed by atoms with Gasteiger partial charge in [-0.1, -0.05) is 12.1 Å². The van der Waals surface area contributed by atoms with Gasteiger partial charge in [-0.3, -0.25) is 0 Å². The van der Waals surface area contributed by atoms with E-state index in [2.05, 4.69) is 25.2 Å². The van der Waals surface area contributed by atoms with Gasteiger partial charge in [-0.2, -0.15) is 0 Å². The van der Waals surface area contributed by atoms with E-state index in [9.17, 15) is 0 Å². The number of hydrogen-bond acceptors (Lipinski definition) is 3. The summed E-state index contributed by atoms with van der Waals surface area (Å²) in [7, 11) is 0. The number of aliphatic hydroxyl groups excluding tert-OH is 1. The predicted octanol–water partition coefficient (Wildman–Crippen LogP) is 3.16. The first-order valence-corrected chi connectivity index (χ1v) is 6.43. The maximum atomic E-state index is 8.88. The van der Waals surface area contributed by atoms with E-state index < -0.39 is 0 Å². The van der Waals surface area contributed by atoms with Gasteiger partial charge in [0.25, 0.3) is 0 Å². The van der Waals surface area contributed by atoms with Crippen LogP contribution in [0, 0.1) is 13.8 Å². The van der Waals surface area contributed by atoms with Crippen LogP contribution in [0.15, 0.2) is 36.4 Å². The molecule has 2 rings (SSSR count). The van der Waals surface area contributed by atoms with Crippen molar-refractivity contribution in [3.05, 3.63) is 53.1 Å². The average Bonchev–Trinajstić information content (AvgIpc) is 2.38. The van der Waals surface area contributed by atoms with Gasteiger partial charge in [0.1, 0.15) is 0 Å². The van der Waals surface area contributed by atoms with Crippen LogP contribution in [-0.2, 0) is 6.42 Å². The molecule has 0 aliphatic carbocycles. The summed E-state index contributed by atoms with van der Waals surface area (Å²) < 4.78 is 0. The lowest BCUT2D eigenvalue weighted by molar-refractivity contribution is 0.299. The summed E-state index contributed by atoms with van der Waals surface area (Å²) in [5.74, 6) is 0. The molecule has 0 saturated carbocycles. The van der Waals surface area contributed by atoms with Crippen molar-refractivity contribution in [1.82, 2.24) is 0 Å². The number of aryl methyl sites for hydroxylation is 2. The van der Waals surface area contributed by atoms with Crippen molar-refractivity contribution < 1.29 is 5.11 Å². The van der Waals surface area contributed by atoms with Gasteiger partial charge in [-0.15, -0.1) is 0 Å². The molecule has 3 nitrogen and oxygen atoms in total. The molecular formula is C16H20N2O. The second-order valence-electron chi connectivity index (χ2n) is 4.82. The lowest BCUT2D eigenvalue weighted by Crippen LogP contribution is -1.98. The minimum absolute atomic E-state index is 0.177. The van der Waals surface area contributed by atoms with Gasteiger partial charge in [0.15, 0.2) is 0 Å². The zero-order chi connectivity index (χ0) is 13.8. The Balaban J connectivity index is 2.19. The van der Waals surface area contributed by atoms with Gasteiger partial charge in [0.2, 0.25) is 0 Å². The SMILES string of the molecule is Cc1cc(N)c(Nc2ccc(CCO)cc2)cc1C. The number of rotatable bonds is 4. The summed E-state index contributed by atoms with van der Waals surface area (Å²) in [5, 5.41) is 12.2. The highest BCUT2D eigenvalue weighted by Gasteiger charge is 2.03. The van der Waals surface area contributed by atoms with Crippen molar-refractivity contribution >= 4 is 17.1 Å². The molecule has 0 aromatic heterocycles. The van der Waals surface area contributed by atoms with Crippen LogP contribution in [0.1, 0.15) is 16.7 Å². The highest BCUT2D eigenvalue weighted by atomic mass is 16.2. The molecule has 0 fully saturated rings. The van der Waals surface area contributed by atoms with Crippen molar-refractivity contribution in [3.8, 4) is 0 Å². The summed E-state index contributed by atoms with van der Waals surface area (Å²) in [5.41, 5.74) is 12.2. The van der Waals surface area contributed by atoms with Crippen LogP contribution in [0.3, 0.4) is 0 Å². The molecule has 0 bridgehead atoms. The van der Waals surface area contributed by atoms with Gasteiger partial charge in [0.05, 0.1) is 11.4 Å². The number of nitrogen functional groups attached to an aromatic ring is 1. The third kappa shape index (κ3) is 3.26. The first-order valence-electron chi connectivity index (χ1n) is 6.43. The van der Waals surface area contributed by atoms with Crippen LogP contribution in [0.4, 0.5) is 17.1 Å². The molecular weight excluding hydrogens is 236 g/mol. The molecule has 0 unspecified atom stereocenters. The van der Waals surface area contributed by atoms with Crippen LogP contribution in [0.25, 0.3) is 0 Å². The molecule has 0 heterocycles. The number of nitrogens with one attached hydrogen (secondary N) is 1. The Bertz CT molecular complexity index is 562. The van der Waals surface area contributed by atoms with Crippen molar-refractivity contribution in [1.29, 1.82) is 0 Å². The number of nitrogens with two attached hydrogens (primary N) is 1. The van der Waals surface area contributed by atoms with Gasteiger partial charge in [-0.25, -0.2) is 0 Å². The summed E-state index contributed by atoms with van der Waals surface area (Å²) in [4.78, 5) is 0. The molecule has 3 heteroatoms. The first-order chi connectivity index (χ1) is 9.10. The van der Waals surface area contributed by atoms with Gasteiger partial charge < -0.3 is 16.2 Å². The maximum Gasteiger partial charge on any atom is 0.0620 e. The Kier molecular flexibility index (Phi) is 4.07. The lowest BCUT2D eigenvalue weighted by atomic mass is 10.1. The van der Waals surface area contributed by atoms with Crippen LogP contribution in [0.5, 0.6) is 0 Å². The quantitative estimate of drug-likeness (QED) is 0.736. The Morgan fingerprint density at radius 2 is 1.68 bits per heavy atom. The third-order valence-corrected chi connectivity index (χ3v) is 3.30. The normalized spacial score (nSPS) is 10.5. The highest BCUT2D eigenvalue weighted by molar-refractivity contribution is 5.74. The molecule has 0 spiro atoms. The largest absolute Gasteiger partial charge is 0.397 e. The minimum Gasteiger partial charge on any atom is -0.397 e. The van der Waals surface area contributed by atoms with E-state index in [-0.39, 0.29) is 6.61 Å². The van der Waals surface area contributed by atoms with Crippen molar-refractivity contribution in [2.24, 2.45) is 0 Å². The fraction of sp³-hybridized carbons (Fsp3) is 0.250. The topological polar surface area (TPSA) is 58.3 Å². The van der Waals surface area contributed by atoms with Crippen molar-refractivity contribution in [2.45, 2.75) is 20.3 Å².